The number of nitrogens with two attached hydrogens (primary N) is 2. The molecule has 3 aliphatic rings. The van der Waals surface area contributed by atoms with Gasteiger partial charge in [0.1, 0.15) is 5.75 Å². The van der Waals surface area contributed by atoms with Crippen molar-refractivity contribution < 1.29 is 39.1 Å². The van der Waals surface area contributed by atoms with E-state index in [1.807, 2.05) is 0 Å². The summed E-state index contributed by atoms with van der Waals surface area (Å²) in [4.78, 5) is 75.5. The Bertz CT molecular complexity index is 1480. The molecule has 0 heterocycles. The van der Waals surface area contributed by atoms with Crippen molar-refractivity contribution in [2.75, 3.05) is 0 Å². The number of phenols is 1. The summed E-state index contributed by atoms with van der Waals surface area (Å²) in [7, 11) is 0. The maximum Gasteiger partial charge on any atom is 0.270 e. The number of fused-ring (bicyclic) bond motifs is 3. The van der Waals surface area contributed by atoms with Crippen LogP contribution in [0.2, 0.25) is 0 Å². The molecule has 2 aromatic rings. The number of amides is 1. The van der Waals surface area contributed by atoms with E-state index < -0.39 is 75.4 Å². The van der Waals surface area contributed by atoms with Gasteiger partial charge in [-0.1, -0.05) is 12.1 Å². The van der Waals surface area contributed by atoms with Gasteiger partial charge in [-0.25, -0.2) is 0 Å². The number of carbonyl (C=O) groups is 5. The van der Waals surface area contributed by atoms with E-state index >= 15 is 0 Å². The molecule has 2 fully saturated rings. The number of non-ortho nitro benzene ring substituents is 1. The second-order valence-electron chi connectivity index (χ2n) is 10.0. The summed E-state index contributed by atoms with van der Waals surface area (Å²) in [6.45, 7) is -0.191. The molecule has 6 N–H and O–H groups in total. The number of carbonyl (C=O) groups excluding carboxylic acids is 5. The SMILES string of the molecule is NCc1cc(-c2cccc([N+](=O)[O-])c2)c2c(c1O)C(=O)C1C(=O)[C@]3(O)C(=O)C(C(N)=O)C(=O)C[C@@H]3C[C@@H]1C2. The number of nitro benzene ring substituents is 1. The van der Waals surface area contributed by atoms with Crippen molar-refractivity contribution in [3.05, 3.63) is 57.1 Å². The highest BCUT2D eigenvalue weighted by Gasteiger charge is 2.66. The minimum absolute atomic E-state index is 0.0438. The third kappa shape index (κ3) is 3.41. The molecule has 0 bridgehead atoms. The number of phenolic OH excluding ortho intramolecular Hbond substituents is 1. The van der Waals surface area contributed by atoms with Crippen molar-refractivity contribution in [1.82, 2.24) is 0 Å². The largest absolute Gasteiger partial charge is 0.507 e. The van der Waals surface area contributed by atoms with Gasteiger partial charge < -0.3 is 21.7 Å². The third-order valence-corrected chi connectivity index (χ3v) is 8.07. The zero-order chi connectivity index (χ0) is 27.7. The van der Waals surface area contributed by atoms with Crippen molar-refractivity contribution in [3.8, 4) is 16.9 Å². The second-order valence-corrected chi connectivity index (χ2v) is 10.0. The summed E-state index contributed by atoms with van der Waals surface area (Å²) in [5.74, 6) is -11.2. The van der Waals surface area contributed by atoms with E-state index in [4.69, 9.17) is 11.5 Å². The fourth-order valence-electron chi connectivity index (χ4n) is 6.29. The van der Waals surface area contributed by atoms with E-state index in [1.54, 1.807) is 6.07 Å². The fraction of sp³-hybridized carbons (Fsp3) is 0.346. The van der Waals surface area contributed by atoms with Crippen LogP contribution in [0.3, 0.4) is 0 Å². The van der Waals surface area contributed by atoms with E-state index in [9.17, 15) is 44.3 Å². The van der Waals surface area contributed by atoms with Crippen LogP contribution in [0.1, 0.15) is 34.3 Å². The van der Waals surface area contributed by atoms with Crippen LogP contribution in [0.15, 0.2) is 30.3 Å². The molecule has 0 aliphatic heterocycles. The number of nitro groups is 1. The summed E-state index contributed by atoms with van der Waals surface area (Å²) < 4.78 is 0. The molecule has 2 aromatic carbocycles. The first-order valence-electron chi connectivity index (χ1n) is 11.9. The van der Waals surface area contributed by atoms with Crippen LogP contribution in [-0.2, 0) is 32.1 Å². The lowest BCUT2D eigenvalue weighted by atomic mass is 9.53. The Hall–Kier alpha value is -4.29. The summed E-state index contributed by atoms with van der Waals surface area (Å²) in [5, 5.41) is 33.6. The average Bonchev–Trinajstić information content (AvgIpc) is 2.86. The number of aliphatic hydroxyl groups is 1. The van der Waals surface area contributed by atoms with Crippen molar-refractivity contribution in [3.63, 3.8) is 0 Å². The van der Waals surface area contributed by atoms with Gasteiger partial charge in [-0.3, -0.25) is 34.1 Å². The molecule has 2 unspecified atom stereocenters. The lowest BCUT2D eigenvalue weighted by Crippen LogP contribution is -2.68. The highest BCUT2D eigenvalue weighted by molar-refractivity contribution is 6.31. The number of rotatable bonds is 4. The minimum atomic E-state index is -2.74. The van der Waals surface area contributed by atoms with Crippen LogP contribution in [0, 0.1) is 33.8 Å². The number of hydrogen-bond acceptors (Lipinski definition) is 10. The Morgan fingerprint density at radius 1 is 1.13 bits per heavy atom. The van der Waals surface area contributed by atoms with Crippen LogP contribution in [-0.4, -0.2) is 49.8 Å². The van der Waals surface area contributed by atoms with Crippen LogP contribution >= 0.6 is 0 Å². The van der Waals surface area contributed by atoms with Gasteiger partial charge in [-0.2, -0.15) is 0 Å². The van der Waals surface area contributed by atoms with Crippen molar-refractivity contribution in [2.45, 2.75) is 31.4 Å². The first kappa shape index (κ1) is 25.4. The Balaban J connectivity index is 1.67. The average molecular weight is 521 g/mol. The first-order valence-corrected chi connectivity index (χ1v) is 11.9. The molecule has 2 saturated carbocycles. The van der Waals surface area contributed by atoms with Gasteiger partial charge in [0.2, 0.25) is 5.91 Å². The number of aromatic hydroxyl groups is 1. The third-order valence-electron chi connectivity index (χ3n) is 8.07. The maximum atomic E-state index is 13.8. The van der Waals surface area contributed by atoms with Crippen molar-refractivity contribution >= 4 is 34.7 Å². The van der Waals surface area contributed by atoms with Crippen molar-refractivity contribution in [2.24, 2.45) is 35.1 Å². The molecule has 12 heteroatoms. The molecule has 5 rings (SSSR count). The van der Waals surface area contributed by atoms with Crippen LogP contribution in [0.4, 0.5) is 5.69 Å². The van der Waals surface area contributed by atoms with E-state index in [1.165, 1.54) is 24.3 Å². The molecular weight excluding hydrogens is 498 g/mol. The molecule has 38 heavy (non-hydrogen) atoms. The summed E-state index contributed by atoms with van der Waals surface area (Å²) in [6.07, 6.45) is -0.460. The lowest BCUT2D eigenvalue weighted by molar-refractivity contribution is -0.384. The second kappa shape index (κ2) is 8.64. The zero-order valence-corrected chi connectivity index (χ0v) is 19.9. The Morgan fingerprint density at radius 3 is 2.47 bits per heavy atom. The van der Waals surface area contributed by atoms with Gasteiger partial charge >= 0.3 is 0 Å². The summed E-state index contributed by atoms with van der Waals surface area (Å²) >= 11 is 0. The van der Waals surface area contributed by atoms with Gasteiger partial charge in [0.15, 0.2) is 34.7 Å². The maximum absolute atomic E-state index is 13.8. The van der Waals surface area contributed by atoms with E-state index in [2.05, 4.69) is 0 Å². The number of Topliss-reactive ketones (excluding diaryl/α,β-unsaturated/α-hetero) is 4. The smallest absolute Gasteiger partial charge is 0.270 e. The highest BCUT2D eigenvalue weighted by Crippen LogP contribution is 2.51. The van der Waals surface area contributed by atoms with Gasteiger partial charge in [0.05, 0.1) is 16.4 Å². The monoisotopic (exact) mass is 521 g/mol. The van der Waals surface area contributed by atoms with E-state index in [-0.39, 0.29) is 36.2 Å². The molecule has 5 atom stereocenters. The van der Waals surface area contributed by atoms with Gasteiger partial charge in [0.25, 0.3) is 5.69 Å². The molecule has 12 nitrogen and oxygen atoms in total. The van der Waals surface area contributed by atoms with Gasteiger partial charge in [0, 0.05) is 36.6 Å². The van der Waals surface area contributed by atoms with Crippen molar-refractivity contribution in [1.29, 1.82) is 0 Å². The molecular formula is C26H23N3O9. The molecule has 0 spiro atoms. The number of primary amides is 1. The predicted molar refractivity (Wildman–Crippen MR) is 128 cm³/mol. The van der Waals surface area contributed by atoms with Gasteiger partial charge in [-0.05, 0) is 41.5 Å². The fourth-order valence-corrected chi connectivity index (χ4v) is 6.29. The van der Waals surface area contributed by atoms with E-state index in [0.29, 0.717) is 16.7 Å². The Morgan fingerprint density at radius 2 is 1.84 bits per heavy atom. The number of nitrogens with zero attached hydrogens (tertiary/aromatic N) is 1. The predicted octanol–water partition coefficient (Wildman–Crippen LogP) is 0.361. The molecule has 1 amide bonds. The molecule has 0 radical (unpaired) electrons. The topological polar surface area (TPSA) is 221 Å². The summed E-state index contributed by atoms with van der Waals surface area (Å²) in [5.41, 5.74) is 9.13. The summed E-state index contributed by atoms with van der Waals surface area (Å²) in [6, 6.07) is 7.23. The first-order chi connectivity index (χ1) is 17.9. The van der Waals surface area contributed by atoms with Crippen LogP contribution in [0.25, 0.3) is 11.1 Å². The highest BCUT2D eigenvalue weighted by atomic mass is 16.6. The van der Waals surface area contributed by atoms with Crippen LogP contribution < -0.4 is 11.5 Å². The normalized spacial score (nSPS) is 28.4. The minimum Gasteiger partial charge on any atom is -0.507 e. The lowest BCUT2D eigenvalue weighted by Gasteiger charge is -2.48. The zero-order valence-electron chi connectivity index (χ0n) is 19.9. The number of ketones is 4. The van der Waals surface area contributed by atoms with E-state index in [0.717, 1.165) is 0 Å². The van der Waals surface area contributed by atoms with Gasteiger partial charge in [-0.15, -0.1) is 0 Å². The molecule has 0 aromatic heterocycles. The number of benzene rings is 2. The quantitative estimate of drug-likeness (QED) is 0.246. The standard InChI is InChI=1S/C26H23N3O9/c27-9-12-7-15(10-2-1-3-14(5-10)29(37)38)16-6-11-4-13-8-17(30)20(25(28)35)24(34)26(13,36)23(33)18(11)22(32)19(16)21(12)31/h1-3,5,7,11,13,18,20,31,36H,4,6,8-9,27H2,(H2,28,35)/t11-,13+,18?,20?,26+/m1/s1. The number of hydrogen-bond donors (Lipinski definition) is 4. The Kier molecular flexibility index (Phi) is 5.76. The Labute approximate surface area is 214 Å². The molecule has 196 valence electrons. The van der Waals surface area contributed by atoms with Crippen LogP contribution in [0.5, 0.6) is 5.75 Å². The molecule has 0 saturated heterocycles. The molecule has 3 aliphatic carbocycles.